The number of carboxylic acids is 1. The first kappa shape index (κ1) is 21.9. The van der Waals surface area contributed by atoms with E-state index in [0.717, 1.165) is 36.2 Å². The van der Waals surface area contributed by atoms with Gasteiger partial charge < -0.3 is 15.2 Å². The lowest BCUT2D eigenvalue weighted by atomic mass is 10.1. The number of nitrogens with zero attached hydrogens (tertiary/aromatic N) is 2. The van der Waals surface area contributed by atoms with Crippen molar-refractivity contribution in [2.45, 2.75) is 26.2 Å². The van der Waals surface area contributed by atoms with E-state index in [1.807, 2.05) is 24.3 Å². The number of hydrogen-bond acceptors (Lipinski definition) is 4. The minimum atomic E-state index is -1.14. The molecule has 2 rings (SSSR count). The first-order valence-corrected chi connectivity index (χ1v) is 9.53. The van der Waals surface area contributed by atoms with Crippen LogP contribution in [0.25, 0.3) is 17.3 Å². The van der Waals surface area contributed by atoms with E-state index in [1.165, 1.54) is 13.2 Å². The molecule has 0 bridgehead atoms. The molecule has 1 heterocycles. The molecule has 0 saturated carbocycles. The number of ether oxygens (including phenoxy) is 1. The molecule has 0 atom stereocenters. The summed E-state index contributed by atoms with van der Waals surface area (Å²) in [5.74, 6) is -1.30. The van der Waals surface area contributed by atoms with E-state index in [4.69, 9.17) is 9.84 Å². The summed E-state index contributed by atoms with van der Waals surface area (Å²) in [6.07, 6.45) is 6.15. The number of carbonyl (C=O) groups is 2. The average Bonchev–Trinajstić information content (AvgIpc) is 2.74. The van der Waals surface area contributed by atoms with Crippen LogP contribution in [0.15, 0.2) is 48.4 Å². The van der Waals surface area contributed by atoms with Crippen LogP contribution >= 0.6 is 0 Å². The smallest absolute Gasteiger partial charge is 0.371 e. The van der Waals surface area contributed by atoms with Gasteiger partial charge in [-0.15, -0.1) is 0 Å². The second-order valence-corrected chi connectivity index (χ2v) is 6.54. The normalized spacial score (nSPS) is 11.1. The second kappa shape index (κ2) is 10.8. The Balaban J connectivity index is 2.12. The number of urea groups is 1. The number of methoxy groups -OCH3 is 1. The van der Waals surface area contributed by atoms with Gasteiger partial charge in [0.2, 0.25) is 5.76 Å². The molecule has 0 spiro atoms. The fourth-order valence-corrected chi connectivity index (χ4v) is 2.70. The van der Waals surface area contributed by atoms with E-state index in [1.54, 1.807) is 30.3 Å². The minimum Gasteiger partial charge on any atom is -0.490 e. The maximum Gasteiger partial charge on any atom is 0.371 e. The van der Waals surface area contributed by atoms with Gasteiger partial charge in [-0.1, -0.05) is 38.0 Å². The number of amides is 2. The third-order valence-corrected chi connectivity index (χ3v) is 4.41. The topological polar surface area (TPSA) is 91.8 Å². The van der Waals surface area contributed by atoms with Crippen molar-refractivity contribution in [1.82, 2.24) is 10.3 Å². The van der Waals surface area contributed by atoms with Gasteiger partial charge in [-0.05, 0) is 36.3 Å². The quantitative estimate of drug-likeness (QED) is 0.377. The van der Waals surface area contributed by atoms with Gasteiger partial charge in [0.05, 0.1) is 12.8 Å². The highest BCUT2D eigenvalue weighted by atomic mass is 16.5. The van der Waals surface area contributed by atoms with Crippen LogP contribution in [0.4, 0.5) is 10.5 Å². The molecule has 0 aliphatic carbocycles. The zero-order valence-corrected chi connectivity index (χ0v) is 17.0. The van der Waals surface area contributed by atoms with Crippen LogP contribution in [-0.2, 0) is 9.53 Å². The number of carboxylic acid groups (broad SMARTS) is 1. The number of pyridine rings is 1. The van der Waals surface area contributed by atoms with Crippen molar-refractivity contribution >= 4 is 23.8 Å². The minimum absolute atomic E-state index is 0.146. The van der Waals surface area contributed by atoms with Crippen molar-refractivity contribution in [2.75, 3.05) is 25.6 Å². The molecule has 7 nitrogen and oxygen atoms in total. The summed E-state index contributed by atoms with van der Waals surface area (Å²) >= 11 is 0. The summed E-state index contributed by atoms with van der Waals surface area (Å²) in [5, 5.41) is 11.9. The van der Waals surface area contributed by atoms with E-state index >= 15 is 0 Å². The maximum absolute atomic E-state index is 12.3. The number of carbonyl (C=O) groups excluding carboxylic acids is 1. The number of aliphatic carboxylic acids is 1. The highest BCUT2D eigenvalue weighted by molar-refractivity contribution is 5.92. The zero-order chi connectivity index (χ0) is 21.2. The van der Waals surface area contributed by atoms with Crippen molar-refractivity contribution in [2.24, 2.45) is 0 Å². The molecule has 2 aromatic rings. The van der Waals surface area contributed by atoms with Crippen molar-refractivity contribution in [3.8, 4) is 11.3 Å². The van der Waals surface area contributed by atoms with E-state index < -0.39 is 5.97 Å². The third-order valence-electron chi connectivity index (χ3n) is 4.41. The Kier molecular flexibility index (Phi) is 8.21. The Hall–Kier alpha value is -3.35. The molecule has 1 aromatic carbocycles. The molecule has 0 saturated heterocycles. The van der Waals surface area contributed by atoms with Gasteiger partial charge in [-0.3, -0.25) is 9.88 Å². The van der Waals surface area contributed by atoms with Crippen LogP contribution in [0, 0.1) is 0 Å². The highest BCUT2D eigenvalue weighted by Gasteiger charge is 2.12. The number of benzene rings is 1. The number of aromatic nitrogens is 1. The molecular weight excluding hydrogens is 370 g/mol. The Bertz CT molecular complexity index is 863. The Morgan fingerprint density at radius 1 is 1.24 bits per heavy atom. The summed E-state index contributed by atoms with van der Waals surface area (Å²) in [4.78, 5) is 29.3. The highest BCUT2D eigenvalue weighted by Crippen LogP contribution is 2.23. The molecule has 1 aromatic heterocycles. The van der Waals surface area contributed by atoms with Crippen LogP contribution in [0.5, 0.6) is 0 Å². The molecule has 154 valence electrons. The fourth-order valence-electron chi connectivity index (χ4n) is 2.70. The molecule has 2 N–H and O–H groups in total. The van der Waals surface area contributed by atoms with Gasteiger partial charge in [0.25, 0.3) is 0 Å². The first-order valence-electron chi connectivity index (χ1n) is 9.53. The van der Waals surface area contributed by atoms with Gasteiger partial charge in [-0.2, -0.15) is 0 Å². The monoisotopic (exact) mass is 397 g/mol. The Morgan fingerprint density at radius 3 is 2.66 bits per heavy atom. The van der Waals surface area contributed by atoms with E-state index in [9.17, 15) is 9.59 Å². The predicted octanol–water partition coefficient (Wildman–Crippen LogP) is 4.16. The molecule has 29 heavy (non-hydrogen) atoms. The maximum atomic E-state index is 12.3. The second-order valence-electron chi connectivity index (χ2n) is 6.54. The average molecular weight is 397 g/mol. The van der Waals surface area contributed by atoms with E-state index in [-0.39, 0.29) is 11.8 Å². The zero-order valence-electron chi connectivity index (χ0n) is 17.0. The largest absolute Gasteiger partial charge is 0.490 e. The summed E-state index contributed by atoms with van der Waals surface area (Å²) in [5.41, 5.74) is 2.95. The number of hydrogen-bond donors (Lipinski definition) is 2. The standard InChI is InChI=1S/C22H27N3O4/c1-4-5-6-12-23-22(28)25(2)18-9-7-8-17(14-18)19-11-10-16(15-24-19)13-20(29-3)21(26)27/h7-11,13-15H,4-6,12H2,1-3H3,(H,23,28)(H,26,27)/b20-13-. The van der Waals surface area contributed by atoms with Crippen molar-refractivity contribution < 1.29 is 19.4 Å². The number of unbranched alkanes of at least 4 members (excludes halogenated alkanes) is 2. The van der Waals surface area contributed by atoms with Crippen molar-refractivity contribution in [1.29, 1.82) is 0 Å². The predicted molar refractivity (Wildman–Crippen MR) is 114 cm³/mol. The summed E-state index contributed by atoms with van der Waals surface area (Å²) in [6.45, 7) is 2.78. The van der Waals surface area contributed by atoms with Crippen LogP contribution in [0.1, 0.15) is 31.7 Å². The molecule has 2 amide bonds. The molecule has 0 radical (unpaired) electrons. The van der Waals surface area contributed by atoms with Gasteiger partial charge in [-0.25, -0.2) is 9.59 Å². The van der Waals surface area contributed by atoms with Crippen LogP contribution in [0.3, 0.4) is 0 Å². The van der Waals surface area contributed by atoms with Gasteiger partial charge in [0.15, 0.2) is 0 Å². The number of nitrogens with one attached hydrogen (secondary N) is 1. The molecule has 7 heteroatoms. The summed E-state index contributed by atoms with van der Waals surface area (Å²) < 4.78 is 4.83. The molecule has 0 fully saturated rings. The molecular formula is C22H27N3O4. The van der Waals surface area contributed by atoms with E-state index in [2.05, 4.69) is 17.2 Å². The fraction of sp³-hybridized carbons (Fsp3) is 0.318. The van der Waals surface area contributed by atoms with Gasteiger partial charge >= 0.3 is 12.0 Å². The summed E-state index contributed by atoms with van der Waals surface area (Å²) in [7, 11) is 3.04. The van der Waals surface area contributed by atoms with Crippen molar-refractivity contribution in [3.63, 3.8) is 0 Å². The number of anilines is 1. The molecule has 0 aliphatic heterocycles. The van der Waals surface area contributed by atoms with Crippen LogP contribution in [0.2, 0.25) is 0 Å². The molecule has 0 unspecified atom stereocenters. The Labute approximate surface area is 171 Å². The number of rotatable bonds is 9. The van der Waals surface area contributed by atoms with Crippen molar-refractivity contribution in [3.05, 3.63) is 53.9 Å². The summed E-state index contributed by atoms with van der Waals surface area (Å²) in [6, 6.07) is 10.9. The molecule has 0 aliphatic rings. The lowest BCUT2D eigenvalue weighted by molar-refractivity contribution is -0.135. The van der Waals surface area contributed by atoms with Crippen LogP contribution < -0.4 is 10.2 Å². The third kappa shape index (κ3) is 6.34. The lowest BCUT2D eigenvalue weighted by Crippen LogP contribution is -2.37. The van der Waals surface area contributed by atoms with Crippen LogP contribution in [-0.4, -0.2) is 42.8 Å². The lowest BCUT2D eigenvalue weighted by Gasteiger charge is -2.19. The first-order chi connectivity index (χ1) is 14.0. The SMILES string of the molecule is CCCCCNC(=O)N(C)c1cccc(-c2ccc(/C=C(\OC)C(=O)O)cn2)c1. The van der Waals surface area contributed by atoms with E-state index in [0.29, 0.717) is 12.1 Å². The van der Waals surface area contributed by atoms with Gasteiger partial charge in [0.1, 0.15) is 0 Å². The Morgan fingerprint density at radius 2 is 2.03 bits per heavy atom. The van der Waals surface area contributed by atoms with Gasteiger partial charge in [0, 0.05) is 31.0 Å².